The SMILES string of the molecule is N#Cc1ccc(NCc2cc(N)ccc2O)c(F)c1Br. The molecular weight excluding hydrogens is 325 g/mol. The van der Waals surface area contributed by atoms with Gasteiger partial charge in [0, 0.05) is 17.8 Å². The number of hydrogen-bond acceptors (Lipinski definition) is 4. The van der Waals surface area contributed by atoms with Gasteiger partial charge in [-0.05, 0) is 46.3 Å². The van der Waals surface area contributed by atoms with E-state index in [1.54, 1.807) is 12.1 Å². The summed E-state index contributed by atoms with van der Waals surface area (Å²) in [6, 6.07) is 9.54. The Bertz CT molecular complexity index is 698. The maximum atomic E-state index is 14.0. The molecule has 4 nitrogen and oxygen atoms in total. The van der Waals surface area contributed by atoms with E-state index in [4.69, 9.17) is 11.0 Å². The standard InChI is InChI=1S/C14H11BrFN3O/c15-13-8(6-17)1-3-11(14(13)16)19-7-9-5-10(18)2-4-12(9)20/h1-5,19-20H,7,18H2. The zero-order valence-corrected chi connectivity index (χ0v) is 11.9. The summed E-state index contributed by atoms with van der Waals surface area (Å²) in [4.78, 5) is 0. The molecule has 2 aromatic rings. The van der Waals surface area contributed by atoms with Crippen LogP contribution in [0.4, 0.5) is 15.8 Å². The Kier molecular flexibility index (Phi) is 4.11. The summed E-state index contributed by atoms with van der Waals surface area (Å²) in [5, 5.41) is 21.3. The summed E-state index contributed by atoms with van der Waals surface area (Å²) in [5.41, 5.74) is 7.16. The highest BCUT2D eigenvalue weighted by Gasteiger charge is 2.11. The Morgan fingerprint density at radius 3 is 2.80 bits per heavy atom. The molecule has 0 aromatic heterocycles. The molecule has 0 heterocycles. The van der Waals surface area contributed by atoms with Gasteiger partial charge in [-0.3, -0.25) is 0 Å². The molecule has 4 N–H and O–H groups in total. The van der Waals surface area contributed by atoms with Gasteiger partial charge in [0.15, 0.2) is 5.82 Å². The first-order chi connectivity index (χ1) is 9.52. The van der Waals surface area contributed by atoms with E-state index in [1.165, 1.54) is 18.2 Å². The van der Waals surface area contributed by atoms with Crippen LogP contribution in [0.2, 0.25) is 0 Å². The van der Waals surface area contributed by atoms with E-state index >= 15 is 0 Å². The van der Waals surface area contributed by atoms with Crippen LogP contribution in [0.25, 0.3) is 0 Å². The van der Waals surface area contributed by atoms with Crippen molar-refractivity contribution in [3.8, 4) is 11.8 Å². The lowest BCUT2D eigenvalue weighted by atomic mass is 10.1. The molecule has 0 spiro atoms. The zero-order chi connectivity index (χ0) is 14.7. The highest BCUT2D eigenvalue weighted by Crippen LogP contribution is 2.28. The van der Waals surface area contributed by atoms with Crippen LogP contribution in [0.15, 0.2) is 34.8 Å². The van der Waals surface area contributed by atoms with Crippen LogP contribution in [0.1, 0.15) is 11.1 Å². The summed E-state index contributed by atoms with van der Waals surface area (Å²) in [7, 11) is 0. The minimum absolute atomic E-state index is 0.0832. The Balaban J connectivity index is 2.22. The number of nitrogens with zero attached hydrogens (tertiary/aromatic N) is 1. The van der Waals surface area contributed by atoms with E-state index in [1.807, 2.05) is 6.07 Å². The maximum Gasteiger partial charge on any atom is 0.161 e. The van der Waals surface area contributed by atoms with Gasteiger partial charge in [0.05, 0.1) is 15.7 Å². The average Bonchev–Trinajstić information content (AvgIpc) is 2.44. The van der Waals surface area contributed by atoms with Crippen molar-refractivity contribution in [2.45, 2.75) is 6.54 Å². The van der Waals surface area contributed by atoms with E-state index < -0.39 is 5.82 Å². The van der Waals surface area contributed by atoms with Crippen molar-refractivity contribution >= 4 is 27.3 Å². The third-order valence-electron chi connectivity index (χ3n) is 2.78. The molecule has 0 bridgehead atoms. The molecule has 0 saturated heterocycles. The van der Waals surface area contributed by atoms with Crippen LogP contribution in [-0.2, 0) is 6.54 Å². The molecular formula is C14H11BrFN3O. The molecule has 0 fully saturated rings. The molecule has 0 aliphatic rings. The van der Waals surface area contributed by atoms with Crippen LogP contribution in [-0.4, -0.2) is 5.11 Å². The molecule has 20 heavy (non-hydrogen) atoms. The van der Waals surface area contributed by atoms with Gasteiger partial charge in [0.1, 0.15) is 11.8 Å². The number of aromatic hydroxyl groups is 1. The Morgan fingerprint density at radius 2 is 2.10 bits per heavy atom. The van der Waals surface area contributed by atoms with Crippen molar-refractivity contribution in [1.29, 1.82) is 5.26 Å². The molecule has 2 aromatic carbocycles. The Hall–Kier alpha value is -2.26. The third kappa shape index (κ3) is 2.83. The van der Waals surface area contributed by atoms with Gasteiger partial charge in [0.2, 0.25) is 0 Å². The number of nitrogens with two attached hydrogens (primary N) is 1. The number of halogens is 2. The second-order valence-corrected chi connectivity index (χ2v) is 4.94. The number of benzene rings is 2. The summed E-state index contributed by atoms with van der Waals surface area (Å²) in [5.74, 6) is -0.465. The molecule has 0 unspecified atom stereocenters. The highest BCUT2D eigenvalue weighted by atomic mass is 79.9. The fourth-order valence-corrected chi connectivity index (χ4v) is 2.14. The fraction of sp³-hybridized carbons (Fsp3) is 0.0714. The molecule has 2 rings (SSSR count). The van der Waals surface area contributed by atoms with Crippen LogP contribution in [0.3, 0.4) is 0 Å². The number of anilines is 2. The number of nitrogens with one attached hydrogen (secondary N) is 1. The molecule has 0 radical (unpaired) electrons. The predicted octanol–water partition coefficient (Wildman–Crippen LogP) is 3.36. The molecule has 0 aliphatic carbocycles. The van der Waals surface area contributed by atoms with Crippen molar-refractivity contribution < 1.29 is 9.50 Å². The second kappa shape index (κ2) is 5.80. The average molecular weight is 336 g/mol. The van der Waals surface area contributed by atoms with Crippen molar-refractivity contribution in [3.05, 3.63) is 51.7 Å². The van der Waals surface area contributed by atoms with Crippen molar-refractivity contribution in [3.63, 3.8) is 0 Å². The normalized spacial score (nSPS) is 10.1. The van der Waals surface area contributed by atoms with Crippen molar-refractivity contribution in [2.24, 2.45) is 0 Å². The number of nitriles is 1. The summed E-state index contributed by atoms with van der Waals surface area (Å²) >= 11 is 3.04. The number of nitrogen functional groups attached to an aromatic ring is 1. The smallest absolute Gasteiger partial charge is 0.161 e. The third-order valence-corrected chi connectivity index (χ3v) is 3.55. The summed E-state index contributed by atoms with van der Waals surface area (Å²) in [6.45, 7) is 0.214. The van der Waals surface area contributed by atoms with Gasteiger partial charge in [-0.2, -0.15) is 5.26 Å². The predicted molar refractivity (Wildman–Crippen MR) is 78.7 cm³/mol. The van der Waals surface area contributed by atoms with Gasteiger partial charge in [-0.15, -0.1) is 0 Å². The van der Waals surface area contributed by atoms with Gasteiger partial charge in [-0.25, -0.2) is 4.39 Å². The van der Waals surface area contributed by atoms with Gasteiger partial charge < -0.3 is 16.2 Å². The quantitative estimate of drug-likeness (QED) is 0.593. The van der Waals surface area contributed by atoms with Crippen LogP contribution in [0, 0.1) is 17.1 Å². The molecule has 0 aliphatic heterocycles. The topological polar surface area (TPSA) is 82.1 Å². The van der Waals surface area contributed by atoms with Crippen LogP contribution < -0.4 is 11.1 Å². The van der Waals surface area contributed by atoms with Crippen molar-refractivity contribution in [2.75, 3.05) is 11.1 Å². The summed E-state index contributed by atoms with van der Waals surface area (Å²) in [6.07, 6.45) is 0. The van der Waals surface area contributed by atoms with E-state index in [0.29, 0.717) is 11.3 Å². The number of hydrogen-bond donors (Lipinski definition) is 3. The van der Waals surface area contributed by atoms with E-state index in [2.05, 4.69) is 21.2 Å². The zero-order valence-electron chi connectivity index (χ0n) is 10.3. The highest BCUT2D eigenvalue weighted by molar-refractivity contribution is 9.10. The largest absolute Gasteiger partial charge is 0.508 e. The van der Waals surface area contributed by atoms with E-state index in [0.717, 1.165) is 0 Å². The van der Waals surface area contributed by atoms with Crippen LogP contribution in [0.5, 0.6) is 5.75 Å². The van der Waals surface area contributed by atoms with Gasteiger partial charge in [-0.1, -0.05) is 0 Å². The fourth-order valence-electron chi connectivity index (χ4n) is 1.71. The first-order valence-corrected chi connectivity index (χ1v) is 6.51. The first-order valence-electron chi connectivity index (χ1n) is 5.72. The molecule has 0 atom stereocenters. The van der Waals surface area contributed by atoms with E-state index in [-0.39, 0.29) is 28.0 Å². The van der Waals surface area contributed by atoms with Crippen molar-refractivity contribution in [1.82, 2.24) is 0 Å². The van der Waals surface area contributed by atoms with Crippen LogP contribution >= 0.6 is 15.9 Å². The minimum atomic E-state index is -0.549. The molecule has 0 saturated carbocycles. The van der Waals surface area contributed by atoms with E-state index in [9.17, 15) is 9.50 Å². The lowest BCUT2D eigenvalue weighted by molar-refractivity contribution is 0.469. The molecule has 102 valence electrons. The number of rotatable bonds is 3. The minimum Gasteiger partial charge on any atom is -0.508 e. The molecule has 6 heteroatoms. The van der Waals surface area contributed by atoms with Gasteiger partial charge in [0.25, 0.3) is 0 Å². The monoisotopic (exact) mass is 335 g/mol. The Morgan fingerprint density at radius 1 is 1.35 bits per heavy atom. The Labute approximate surface area is 123 Å². The first kappa shape index (κ1) is 14.2. The molecule has 0 amide bonds. The lowest BCUT2D eigenvalue weighted by Gasteiger charge is -2.11. The second-order valence-electron chi connectivity index (χ2n) is 4.14. The lowest BCUT2D eigenvalue weighted by Crippen LogP contribution is -2.03. The number of phenolic OH excluding ortho intramolecular Hbond substituents is 1. The van der Waals surface area contributed by atoms with Gasteiger partial charge >= 0.3 is 0 Å². The summed E-state index contributed by atoms with van der Waals surface area (Å²) < 4.78 is 14.1. The number of phenols is 1. The maximum absolute atomic E-state index is 14.0.